The SMILES string of the molecule is CCC(CC)CNS(=O)(=O)c1cc(N)ccc1C. The highest BCUT2D eigenvalue weighted by molar-refractivity contribution is 7.89. The van der Waals surface area contributed by atoms with Gasteiger partial charge >= 0.3 is 0 Å². The summed E-state index contributed by atoms with van der Waals surface area (Å²) in [6.07, 6.45) is 1.93. The van der Waals surface area contributed by atoms with Crippen LogP contribution < -0.4 is 10.5 Å². The van der Waals surface area contributed by atoms with Crippen LogP contribution in [-0.2, 0) is 10.0 Å². The molecule has 0 saturated heterocycles. The van der Waals surface area contributed by atoms with Crippen LogP contribution in [0.4, 0.5) is 5.69 Å². The number of hydrogen-bond donors (Lipinski definition) is 2. The maximum Gasteiger partial charge on any atom is 0.240 e. The zero-order valence-electron chi connectivity index (χ0n) is 11.2. The van der Waals surface area contributed by atoms with E-state index in [2.05, 4.69) is 18.6 Å². The minimum absolute atomic E-state index is 0.272. The molecule has 1 aromatic carbocycles. The summed E-state index contributed by atoms with van der Waals surface area (Å²) < 4.78 is 27.0. The molecule has 0 fully saturated rings. The smallest absolute Gasteiger partial charge is 0.240 e. The topological polar surface area (TPSA) is 72.2 Å². The van der Waals surface area contributed by atoms with E-state index in [4.69, 9.17) is 5.73 Å². The summed E-state index contributed by atoms with van der Waals surface area (Å²) in [5.41, 5.74) is 6.81. The number of nitrogen functional groups attached to an aromatic ring is 1. The van der Waals surface area contributed by atoms with E-state index in [-0.39, 0.29) is 4.90 Å². The van der Waals surface area contributed by atoms with E-state index in [0.29, 0.717) is 23.7 Å². The highest BCUT2D eigenvalue weighted by Gasteiger charge is 2.18. The highest BCUT2D eigenvalue weighted by Crippen LogP contribution is 2.18. The summed E-state index contributed by atoms with van der Waals surface area (Å²) >= 11 is 0. The van der Waals surface area contributed by atoms with Crippen LogP contribution in [0.3, 0.4) is 0 Å². The zero-order valence-corrected chi connectivity index (χ0v) is 12.0. The van der Waals surface area contributed by atoms with E-state index in [0.717, 1.165) is 12.8 Å². The summed E-state index contributed by atoms with van der Waals surface area (Å²) in [5, 5.41) is 0. The fraction of sp³-hybridized carbons (Fsp3) is 0.538. The Morgan fingerprint density at radius 3 is 2.44 bits per heavy atom. The number of benzene rings is 1. The molecule has 1 rings (SSSR count). The van der Waals surface area contributed by atoms with Gasteiger partial charge < -0.3 is 5.73 Å². The molecule has 0 aromatic heterocycles. The molecule has 0 bridgehead atoms. The van der Waals surface area contributed by atoms with Crippen molar-refractivity contribution in [3.8, 4) is 0 Å². The second-order valence-corrected chi connectivity index (χ2v) is 6.29. The van der Waals surface area contributed by atoms with Crippen molar-refractivity contribution in [3.63, 3.8) is 0 Å². The number of hydrogen-bond acceptors (Lipinski definition) is 3. The summed E-state index contributed by atoms with van der Waals surface area (Å²) in [6.45, 7) is 6.37. The molecule has 0 amide bonds. The first-order valence-corrected chi connectivity index (χ1v) is 7.74. The van der Waals surface area contributed by atoms with Crippen molar-refractivity contribution in [1.82, 2.24) is 4.72 Å². The van der Waals surface area contributed by atoms with Gasteiger partial charge in [-0.25, -0.2) is 13.1 Å². The third kappa shape index (κ3) is 3.71. The summed E-state index contributed by atoms with van der Waals surface area (Å²) in [5.74, 6) is 0.376. The standard InChI is InChI=1S/C13H22N2O2S/c1-4-11(5-2)9-15-18(16,17)13-8-12(14)7-6-10(13)3/h6-8,11,15H,4-5,9,14H2,1-3H3. The monoisotopic (exact) mass is 270 g/mol. The number of nitrogens with two attached hydrogens (primary N) is 1. The van der Waals surface area contributed by atoms with Crippen molar-refractivity contribution in [3.05, 3.63) is 23.8 Å². The van der Waals surface area contributed by atoms with Crippen LogP contribution in [0.5, 0.6) is 0 Å². The molecule has 0 aliphatic heterocycles. The maximum absolute atomic E-state index is 12.2. The average molecular weight is 270 g/mol. The third-order valence-electron chi connectivity index (χ3n) is 3.22. The molecule has 18 heavy (non-hydrogen) atoms. The Bertz CT molecular complexity index is 494. The van der Waals surface area contributed by atoms with Crippen LogP contribution in [0.1, 0.15) is 32.3 Å². The van der Waals surface area contributed by atoms with Gasteiger partial charge in [-0.05, 0) is 30.5 Å². The van der Waals surface area contributed by atoms with Crippen LogP contribution in [0.2, 0.25) is 0 Å². The maximum atomic E-state index is 12.2. The van der Waals surface area contributed by atoms with E-state index < -0.39 is 10.0 Å². The first-order chi connectivity index (χ1) is 8.40. The van der Waals surface area contributed by atoms with Crippen molar-refractivity contribution < 1.29 is 8.42 Å². The Morgan fingerprint density at radius 2 is 1.89 bits per heavy atom. The van der Waals surface area contributed by atoms with Gasteiger partial charge in [0.25, 0.3) is 0 Å². The fourth-order valence-corrected chi connectivity index (χ4v) is 3.18. The van der Waals surface area contributed by atoms with E-state index in [1.165, 1.54) is 6.07 Å². The van der Waals surface area contributed by atoms with E-state index in [1.807, 2.05) is 0 Å². The van der Waals surface area contributed by atoms with Crippen molar-refractivity contribution in [2.24, 2.45) is 5.92 Å². The Balaban J connectivity index is 2.89. The molecule has 0 saturated carbocycles. The van der Waals surface area contributed by atoms with Crippen LogP contribution in [0, 0.1) is 12.8 Å². The van der Waals surface area contributed by atoms with Gasteiger partial charge in [0.2, 0.25) is 10.0 Å². The van der Waals surface area contributed by atoms with Crippen LogP contribution >= 0.6 is 0 Å². The molecule has 0 unspecified atom stereocenters. The summed E-state index contributed by atoms with van der Waals surface area (Å²) in [7, 11) is -3.46. The zero-order chi connectivity index (χ0) is 13.8. The second-order valence-electron chi connectivity index (χ2n) is 4.56. The minimum Gasteiger partial charge on any atom is -0.399 e. The van der Waals surface area contributed by atoms with Crippen molar-refractivity contribution in [2.45, 2.75) is 38.5 Å². The lowest BCUT2D eigenvalue weighted by atomic mass is 10.0. The van der Waals surface area contributed by atoms with Gasteiger partial charge in [0, 0.05) is 12.2 Å². The van der Waals surface area contributed by atoms with Crippen LogP contribution in [0.25, 0.3) is 0 Å². The number of nitrogens with one attached hydrogen (secondary N) is 1. The van der Waals surface area contributed by atoms with Gasteiger partial charge in [-0.15, -0.1) is 0 Å². The largest absolute Gasteiger partial charge is 0.399 e. The molecule has 0 aliphatic rings. The highest BCUT2D eigenvalue weighted by atomic mass is 32.2. The fourth-order valence-electron chi connectivity index (χ4n) is 1.79. The predicted molar refractivity (Wildman–Crippen MR) is 74.9 cm³/mol. The average Bonchev–Trinajstić information content (AvgIpc) is 2.33. The van der Waals surface area contributed by atoms with Gasteiger partial charge in [0.05, 0.1) is 4.90 Å². The normalized spacial score (nSPS) is 12.0. The number of rotatable bonds is 6. The van der Waals surface area contributed by atoms with Crippen LogP contribution in [0.15, 0.2) is 23.1 Å². The minimum atomic E-state index is -3.46. The molecule has 0 aliphatic carbocycles. The lowest BCUT2D eigenvalue weighted by Gasteiger charge is -2.15. The van der Waals surface area contributed by atoms with Crippen molar-refractivity contribution in [1.29, 1.82) is 0 Å². The quantitative estimate of drug-likeness (QED) is 0.779. The first kappa shape index (κ1) is 15.0. The van der Waals surface area contributed by atoms with Gasteiger partial charge in [0.1, 0.15) is 0 Å². The first-order valence-electron chi connectivity index (χ1n) is 6.26. The lowest BCUT2D eigenvalue weighted by molar-refractivity contribution is 0.479. The Hall–Kier alpha value is -1.07. The van der Waals surface area contributed by atoms with E-state index in [1.54, 1.807) is 19.1 Å². The van der Waals surface area contributed by atoms with Crippen molar-refractivity contribution >= 4 is 15.7 Å². The van der Waals surface area contributed by atoms with Gasteiger partial charge in [-0.2, -0.15) is 0 Å². The summed E-state index contributed by atoms with van der Waals surface area (Å²) in [6, 6.07) is 4.93. The number of anilines is 1. The van der Waals surface area contributed by atoms with E-state index in [9.17, 15) is 8.42 Å². The molecule has 0 spiro atoms. The van der Waals surface area contributed by atoms with Gasteiger partial charge in [-0.3, -0.25) is 0 Å². The molecule has 0 radical (unpaired) electrons. The molecule has 0 heterocycles. The number of aryl methyl sites for hydroxylation is 1. The molecule has 1 aromatic rings. The molecular weight excluding hydrogens is 248 g/mol. The molecule has 0 atom stereocenters. The van der Waals surface area contributed by atoms with E-state index >= 15 is 0 Å². The number of sulfonamides is 1. The molecule has 3 N–H and O–H groups in total. The molecular formula is C13H22N2O2S. The summed E-state index contributed by atoms with van der Waals surface area (Å²) in [4.78, 5) is 0.272. The van der Waals surface area contributed by atoms with Gasteiger partial charge in [-0.1, -0.05) is 32.8 Å². The second kappa shape index (κ2) is 6.20. The third-order valence-corrected chi connectivity index (χ3v) is 4.78. The van der Waals surface area contributed by atoms with Gasteiger partial charge in [0.15, 0.2) is 0 Å². The Kier molecular flexibility index (Phi) is 5.16. The molecule has 4 nitrogen and oxygen atoms in total. The lowest BCUT2D eigenvalue weighted by Crippen LogP contribution is -2.29. The molecule has 102 valence electrons. The Labute approximate surface area is 110 Å². The molecule has 5 heteroatoms. The predicted octanol–water partition coefficient (Wildman–Crippen LogP) is 2.29. The van der Waals surface area contributed by atoms with Crippen molar-refractivity contribution in [2.75, 3.05) is 12.3 Å². The van der Waals surface area contributed by atoms with Crippen LogP contribution in [-0.4, -0.2) is 15.0 Å². The Morgan fingerprint density at radius 1 is 1.28 bits per heavy atom.